The third kappa shape index (κ3) is 19.8. The number of phenols is 1. The average molecular weight is 1460 g/mol. The Bertz CT molecular complexity index is 5750. The van der Waals surface area contributed by atoms with Gasteiger partial charge in [0.15, 0.2) is 5.88 Å². The molecule has 8 aromatic rings. The molecular weight excluding hydrogens is 1410 g/mol. The standard InChI is InChI=1S/C19H16N6O7S.C18H10Cl2N2O2.C18H2.C15H16N6O6S/c1-2-25-15(27)11-5-3-9(7-12(11)16(25)28)20-17-22-18(24-19(29)23-17)21-13-8-10(33(30,31)32)4-6-14(13)26;19-11-5-1-9(2-6-11)15-13-14(18(24)21-15)16(22-17(13)23)10-3-7-12(20)8-4-10;1-3-5-7-9-11-13-15-17-18-16-14-12-10-8-6-4-2;1-2-21-11(22)9-4-3-8(7-10(9)12(21)23)17-14-18-13(19-15(24)20-14)16-5-6-28(25,26)27/h3-8,26H,2H2,1H3,(H,30,31,32)(H3,20,21,22,23,24,29);1-8,21,24H;1-2H;3-4,7H,2,5-6H2,1H3,(H,25,26,27)(H3,16,17,18,19,20,24)/p-1. The van der Waals surface area contributed by atoms with E-state index < -0.39 is 65.9 Å². The molecule has 0 radical (unpaired) electrons. The smallest absolute Gasteiger partial charge is 0.351 e. The zero-order valence-corrected chi connectivity index (χ0v) is 55.9. The lowest BCUT2D eigenvalue weighted by molar-refractivity contribution is 0.0647. The van der Waals surface area contributed by atoms with Crippen molar-refractivity contribution >= 4 is 120 Å². The number of hydrogen-bond donors (Lipinski definition) is 10. The Balaban J connectivity index is 0.000000178. The molecule has 3 aliphatic heterocycles. The molecule has 0 unspecified atom stereocenters. The Morgan fingerprint density at radius 3 is 1.41 bits per heavy atom. The molecule has 103 heavy (non-hydrogen) atoms. The fraction of sp³-hybridized carbons (Fsp3) is 0.0857. The zero-order valence-electron chi connectivity index (χ0n) is 52.7. The van der Waals surface area contributed by atoms with E-state index in [0.717, 1.165) is 33.6 Å². The normalized spacial score (nSPS) is 11.6. The first-order valence-electron chi connectivity index (χ1n) is 29.0. The molecule has 0 atom stereocenters. The maximum atomic E-state index is 12.4. The molecule has 33 heteroatoms. The number of aromatic hydroxyl groups is 2. The lowest BCUT2D eigenvalue weighted by atomic mass is 10.0. The first-order chi connectivity index (χ1) is 49.2. The molecular formula is C70H43Cl2N14O15S2-. The van der Waals surface area contributed by atoms with Gasteiger partial charge in [-0.05, 0) is 193 Å². The molecule has 3 aliphatic rings. The summed E-state index contributed by atoms with van der Waals surface area (Å²) in [6, 6.07) is 25.9. The maximum absolute atomic E-state index is 12.4. The van der Waals surface area contributed by atoms with Crippen LogP contribution in [0, 0.1) is 108 Å². The van der Waals surface area contributed by atoms with Gasteiger partial charge in [0.1, 0.15) is 5.75 Å². The summed E-state index contributed by atoms with van der Waals surface area (Å²) in [5.41, 5.74) is 3.13. The number of imide groups is 2. The fourth-order valence-electron chi connectivity index (χ4n) is 9.03. The Labute approximate surface area is 594 Å². The second-order valence-corrected chi connectivity index (χ2v) is 23.8. The number of nitrogens with one attached hydrogen (secondary N) is 7. The highest BCUT2D eigenvalue weighted by Crippen LogP contribution is 2.39. The minimum atomic E-state index is -4.54. The Kier molecular flexibility index (Phi) is 24.6. The molecule has 5 aromatic carbocycles. The van der Waals surface area contributed by atoms with Gasteiger partial charge in [-0.1, -0.05) is 47.5 Å². The molecule has 0 spiro atoms. The Morgan fingerprint density at radius 1 is 0.524 bits per heavy atom. The van der Waals surface area contributed by atoms with Gasteiger partial charge in [-0.25, -0.2) is 23.0 Å². The number of aliphatic imine (C=N–C) groups is 1. The van der Waals surface area contributed by atoms with E-state index in [-0.39, 0.29) is 88.9 Å². The number of anilines is 7. The van der Waals surface area contributed by atoms with Crippen molar-refractivity contribution in [1.82, 2.24) is 44.7 Å². The van der Waals surface area contributed by atoms with Crippen LogP contribution >= 0.6 is 23.2 Å². The van der Waals surface area contributed by atoms with E-state index in [0.29, 0.717) is 49.5 Å². The Morgan fingerprint density at radius 2 is 0.961 bits per heavy atom. The number of carbonyl (C=O) groups excluding carboxylic acids is 5. The molecule has 0 saturated heterocycles. The van der Waals surface area contributed by atoms with Gasteiger partial charge in [0, 0.05) is 46.6 Å². The van der Waals surface area contributed by atoms with Crippen LogP contribution in [0.3, 0.4) is 0 Å². The van der Waals surface area contributed by atoms with E-state index in [2.05, 4.69) is 156 Å². The number of terminal acetylenes is 2. The van der Waals surface area contributed by atoms with Crippen molar-refractivity contribution in [1.29, 1.82) is 0 Å². The summed E-state index contributed by atoms with van der Waals surface area (Å²) in [4.78, 5) is 114. The third-order valence-electron chi connectivity index (χ3n) is 13.4. The Hall–Kier alpha value is -14.1. The molecule has 10 N–H and O–H groups in total. The largest absolute Gasteiger partial charge is 0.748 e. The SMILES string of the molecule is C#CC#CC#CC#CC#CC#CC#CC#CC#C.CCN1C(=O)c2ccc(Nc3nc(NCCS(=O)(=O)[O-])nc(=O)[nH]3)cc2C1=O.CCN1C(=O)c2ccc(Nc3nc(Nc4cc(S(=O)(=O)O)ccc4O)nc(=O)[nH]3)cc2C1=O.O=C1N=C(c2ccc(Cl)cc2)c2c(O)[nH]c(-c3ccc(Cl)cc3)c21. The topological polar surface area (TPSA) is 437 Å². The number of aromatic amines is 3. The van der Waals surface area contributed by atoms with Crippen LogP contribution in [0.25, 0.3) is 11.3 Å². The van der Waals surface area contributed by atoms with Crippen LogP contribution in [0.5, 0.6) is 11.6 Å². The average Bonchev–Trinajstić information content (AvgIpc) is 1.60. The molecule has 5 amide bonds. The van der Waals surface area contributed by atoms with Gasteiger partial charge in [-0.15, -0.1) is 12.8 Å². The summed E-state index contributed by atoms with van der Waals surface area (Å²) in [6.07, 6.45) is 9.76. The third-order valence-corrected chi connectivity index (χ3v) is 15.5. The van der Waals surface area contributed by atoms with Crippen molar-refractivity contribution < 1.29 is 60.1 Å². The summed E-state index contributed by atoms with van der Waals surface area (Å²) in [5.74, 6) is 34.5. The van der Waals surface area contributed by atoms with Crippen molar-refractivity contribution in [2.75, 3.05) is 46.7 Å². The first-order valence-corrected chi connectivity index (χ1v) is 32.8. The van der Waals surface area contributed by atoms with Gasteiger partial charge in [0.2, 0.25) is 23.8 Å². The number of fused-ring (bicyclic) bond motifs is 3. The predicted molar refractivity (Wildman–Crippen MR) is 378 cm³/mol. The molecule has 510 valence electrons. The van der Waals surface area contributed by atoms with Gasteiger partial charge in [0.05, 0.1) is 71.2 Å². The number of hydrogen-bond acceptors (Lipinski definition) is 22. The highest BCUT2D eigenvalue weighted by Gasteiger charge is 2.37. The van der Waals surface area contributed by atoms with Gasteiger partial charge < -0.3 is 41.0 Å². The van der Waals surface area contributed by atoms with Crippen molar-refractivity contribution in [3.8, 4) is 130 Å². The number of halogens is 2. The fourth-order valence-corrected chi connectivity index (χ4v) is 10.1. The lowest BCUT2D eigenvalue weighted by Gasteiger charge is -2.10. The van der Waals surface area contributed by atoms with E-state index in [1.54, 1.807) is 68.4 Å². The molecule has 3 aromatic heterocycles. The van der Waals surface area contributed by atoms with Crippen LogP contribution in [0.4, 0.5) is 40.9 Å². The van der Waals surface area contributed by atoms with E-state index in [1.807, 2.05) is 0 Å². The van der Waals surface area contributed by atoms with E-state index in [1.165, 1.54) is 30.3 Å². The minimum absolute atomic E-state index is 0.0310. The number of carbonyl (C=O) groups is 5. The number of nitrogens with zero attached hydrogens (tertiary/aromatic N) is 7. The highest BCUT2D eigenvalue weighted by molar-refractivity contribution is 7.86. The molecule has 0 aliphatic carbocycles. The van der Waals surface area contributed by atoms with Crippen LogP contribution in [-0.4, -0.2) is 141 Å². The van der Waals surface area contributed by atoms with Crippen molar-refractivity contribution in [3.63, 3.8) is 0 Å². The first kappa shape index (κ1) is 74.6. The van der Waals surface area contributed by atoms with Crippen LogP contribution in [0.2, 0.25) is 10.0 Å². The number of H-pyrrole nitrogens is 3. The van der Waals surface area contributed by atoms with Crippen LogP contribution in [0.15, 0.2) is 123 Å². The van der Waals surface area contributed by atoms with Crippen LogP contribution in [0.1, 0.15) is 76.8 Å². The molecule has 0 bridgehead atoms. The molecule has 0 fully saturated rings. The zero-order chi connectivity index (χ0) is 74.5. The maximum Gasteiger partial charge on any atom is 0.351 e. The summed E-state index contributed by atoms with van der Waals surface area (Å²) in [5, 5.41) is 32.0. The summed E-state index contributed by atoms with van der Waals surface area (Å²) in [6.45, 7) is 3.60. The highest BCUT2D eigenvalue weighted by atomic mass is 35.5. The van der Waals surface area contributed by atoms with Gasteiger partial charge in [-0.3, -0.25) is 48.3 Å². The lowest BCUT2D eigenvalue weighted by Crippen LogP contribution is -2.29. The van der Waals surface area contributed by atoms with Crippen LogP contribution in [-0.2, 0) is 20.2 Å². The number of rotatable bonds is 15. The molecule has 29 nitrogen and oxygen atoms in total. The van der Waals surface area contributed by atoms with Crippen molar-refractivity contribution in [2.45, 2.75) is 18.7 Å². The number of benzene rings is 5. The summed E-state index contributed by atoms with van der Waals surface area (Å²) < 4.78 is 63.7. The second kappa shape index (κ2) is 33.9. The number of aromatic nitrogens is 7. The molecule has 6 heterocycles. The second-order valence-electron chi connectivity index (χ2n) is 20.0. The number of amides is 5. The minimum Gasteiger partial charge on any atom is -0.748 e. The van der Waals surface area contributed by atoms with Crippen molar-refractivity contribution in [3.05, 3.63) is 173 Å². The summed E-state index contributed by atoms with van der Waals surface area (Å²) in [7, 11) is -8.96. The van der Waals surface area contributed by atoms with Gasteiger partial charge in [0.25, 0.3) is 39.7 Å². The van der Waals surface area contributed by atoms with E-state index >= 15 is 0 Å². The molecule has 0 saturated carbocycles. The predicted octanol–water partition coefficient (Wildman–Crippen LogP) is 5.66. The number of phenolic OH excluding ortho intramolecular Hbond substituents is 1. The van der Waals surface area contributed by atoms with E-state index in [4.69, 9.17) is 36.0 Å². The quantitative estimate of drug-likeness (QED) is 0.0256. The van der Waals surface area contributed by atoms with Crippen molar-refractivity contribution in [2.24, 2.45) is 4.99 Å². The summed E-state index contributed by atoms with van der Waals surface area (Å²) >= 11 is 11.8. The molecule has 11 rings (SSSR count). The van der Waals surface area contributed by atoms with E-state index in [9.17, 15) is 69.7 Å². The van der Waals surface area contributed by atoms with Gasteiger partial charge in [-0.2, -0.15) is 28.4 Å². The van der Waals surface area contributed by atoms with Crippen LogP contribution < -0.4 is 32.6 Å². The monoisotopic (exact) mass is 1450 g/mol. The van der Waals surface area contributed by atoms with Gasteiger partial charge >= 0.3 is 11.4 Å².